The van der Waals surface area contributed by atoms with Crippen molar-refractivity contribution in [1.29, 1.82) is 0 Å². The summed E-state index contributed by atoms with van der Waals surface area (Å²) >= 11 is 0. The largest absolute Gasteiger partial charge is 0.493 e. The van der Waals surface area contributed by atoms with Gasteiger partial charge in [0.15, 0.2) is 11.5 Å². The van der Waals surface area contributed by atoms with Gasteiger partial charge >= 0.3 is 5.97 Å². The van der Waals surface area contributed by atoms with Gasteiger partial charge in [0.1, 0.15) is 0 Å². The number of benzene rings is 2. The molecule has 1 aliphatic rings. The first-order valence-electron chi connectivity index (χ1n) is 10.3. The van der Waals surface area contributed by atoms with E-state index >= 15 is 0 Å². The van der Waals surface area contributed by atoms with E-state index in [-0.39, 0.29) is 6.10 Å². The SMILES string of the molecule is COc1cc([C@H]2C(C(=O)OC(C)C)=C(C)Nc3nc4ccccc4n32)cc(OC)c1OC. The summed E-state index contributed by atoms with van der Waals surface area (Å²) in [7, 11) is 4.69. The van der Waals surface area contributed by atoms with E-state index in [0.717, 1.165) is 16.6 Å². The molecule has 1 aliphatic heterocycles. The van der Waals surface area contributed by atoms with Gasteiger partial charge in [0.05, 0.1) is 50.1 Å². The van der Waals surface area contributed by atoms with E-state index in [2.05, 4.69) is 5.32 Å². The van der Waals surface area contributed by atoms with Crippen molar-refractivity contribution >= 4 is 23.0 Å². The number of allylic oxidation sites excluding steroid dienone is 1. The summed E-state index contributed by atoms with van der Waals surface area (Å²) in [6, 6.07) is 11.0. The average molecular weight is 437 g/mol. The number of hydrogen-bond acceptors (Lipinski definition) is 7. The summed E-state index contributed by atoms with van der Waals surface area (Å²) in [5, 5.41) is 3.28. The van der Waals surface area contributed by atoms with Gasteiger partial charge in [-0.2, -0.15) is 0 Å². The first-order valence-corrected chi connectivity index (χ1v) is 10.3. The smallest absolute Gasteiger partial charge is 0.338 e. The highest BCUT2D eigenvalue weighted by molar-refractivity contribution is 5.94. The predicted molar refractivity (Wildman–Crippen MR) is 122 cm³/mol. The van der Waals surface area contributed by atoms with Gasteiger partial charge in [0.2, 0.25) is 11.7 Å². The number of ether oxygens (including phenoxy) is 4. The van der Waals surface area contributed by atoms with E-state index < -0.39 is 12.0 Å². The number of imidazole rings is 1. The molecule has 1 N–H and O–H groups in total. The lowest BCUT2D eigenvalue weighted by molar-refractivity contribution is -0.143. The minimum absolute atomic E-state index is 0.260. The van der Waals surface area contributed by atoms with Crippen molar-refractivity contribution in [3.05, 3.63) is 53.2 Å². The van der Waals surface area contributed by atoms with Crippen LogP contribution in [0.1, 0.15) is 32.4 Å². The Morgan fingerprint density at radius 3 is 2.31 bits per heavy atom. The zero-order chi connectivity index (χ0) is 23.0. The van der Waals surface area contributed by atoms with Crippen LogP contribution in [0.2, 0.25) is 0 Å². The maximum atomic E-state index is 13.3. The van der Waals surface area contributed by atoms with Crippen molar-refractivity contribution in [3.8, 4) is 17.2 Å². The molecule has 168 valence electrons. The van der Waals surface area contributed by atoms with Gasteiger partial charge < -0.3 is 24.3 Å². The van der Waals surface area contributed by atoms with Crippen LogP contribution < -0.4 is 19.5 Å². The number of carbonyl (C=O) groups is 1. The molecule has 1 atom stereocenters. The zero-order valence-corrected chi connectivity index (χ0v) is 19.1. The molecule has 32 heavy (non-hydrogen) atoms. The summed E-state index contributed by atoms with van der Waals surface area (Å²) in [5.74, 6) is 1.73. The molecule has 0 saturated heterocycles. The standard InChI is InChI=1S/C24H27N3O5/c1-13(2)32-23(28)20-14(3)25-24-26-16-9-7-8-10-17(16)27(24)21(20)15-11-18(29-4)22(31-6)19(12-15)30-5/h7-13,21H,1-6H3,(H,25,26)/t21-/m0/s1. The number of carbonyl (C=O) groups excluding carboxylic acids is 1. The van der Waals surface area contributed by atoms with Crippen molar-refractivity contribution in [2.75, 3.05) is 26.6 Å². The molecule has 8 heteroatoms. The molecule has 8 nitrogen and oxygen atoms in total. The van der Waals surface area contributed by atoms with Gasteiger partial charge in [-0.25, -0.2) is 9.78 Å². The number of hydrogen-bond donors (Lipinski definition) is 1. The molecule has 0 spiro atoms. The summed E-state index contributed by atoms with van der Waals surface area (Å²) in [5.41, 5.74) is 3.65. The molecule has 1 aromatic heterocycles. The highest BCUT2D eigenvalue weighted by Crippen LogP contribution is 2.45. The van der Waals surface area contributed by atoms with E-state index in [0.29, 0.717) is 34.5 Å². The fraction of sp³-hybridized carbons (Fsp3) is 0.333. The molecule has 0 unspecified atom stereocenters. The van der Waals surface area contributed by atoms with Gasteiger partial charge in [-0.3, -0.25) is 4.57 Å². The topological polar surface area (TPSA) is 83.8 Å². The molecule has 0 bridgehead atoms. The van der Waals surface area contributed by atoms with Crippen LogP contribution in [0.3, 0.4) is 0 Å². The number of anilines is 1. The van der Waals surface area contributed by atoms with Crippen LogP contribution in [0, 0.1) is 0 Å². The molecule has 2 aromatic carbocycles. The highest BCUT2D eigenvalue weighted by atomic mass is 16.5. The average Bonchev–Trinajstić information content (AvgIpc) is 3.14. The maximum absolute atomic E-state index is 13.3. The molecule has 4 rings (SSSR count). The molecule has 3 aromatic rings. The fourth-order valence-electron chi connectivity index (χ4n) is 4.08. The summed E-state index contributed by atoms with van der Waals surface area (Å²) in [6.45, 7) is 5.51. The Balaban J connectivity index is 2.01. The van der Waals surface area contributed by atoms with Gasteiger partial charge in [0, 0.05) is 5.70 Å². The lowest BCUT2D eigenvalue weighted by Crippen LogP contribution is -2.30. The van der Waals surface area contributed by atoms with Crippen LogP contribution >= 0.6 is 0 Å². The first kappa shape index (κ1) is 21.5. The third-order valence-corrected chi connectivity index (χ3v) is 5.40. The van der Waals surface area contributed by atoms with Gasteiger partial charge in [-0.15, -0.1) is 0 Å². The van der Waals surface area contributed by atoms with Gasteiger partial charge in [-0.1, -0.05) is 12.1 Å². The monoisotopic (exact) mass is 437 g/mol. The van der Waals surface area contributed by atoms with Crippen LogP contribution in [0.25, 0.3) is 11.0 Å². The zero-order valence-electron chi connectivity index (χ0n) is 19.1. The second-order valence-electron chi connectivity index (χ2n) is 7.77. The second kappa shape index (κ2) is 8.45. The quantitative estimate of drug-likeness (QED) is 0.576. The Bertz CT molecular complexity index is 1190. The molecule has 0 amide bonds. The number of para-hydroxylation sites is 2. The van der Waals surface area contributed by atoms with Crippen molar-refractivity contribution < 1.29 is 23.7 Å². The second-order valence-corrected chi connectivity index (χ2v) is 7.77. The molecule has 0 aliphatic carbocycles. The van der Waals surface area contributed by atoms with E-state index in [1.54, 1.807) is 21.3 Å². The number of nitrogens with one attached hydrogen (secondary N) is 1. The van der Waals surface area contributed by atoms with Crippen LogP contribution in [0.15, 0.2) is 47.7 Å². The normalized spacial score (nSPS) is 15.4. The van der Waals surface area contributed by atoms with Crippen LogP contribution in [-0.4, -0.2) is 43.0 Å². The van der Waals surface area contributed by atoms with Crippen molar-refractivity contribution in [3.63, 3.8) is 0 Å². The number of nitrogens with zero attached hydrogens (tertiary/aromatic N) is 2. The van der Waals surface area contributed by atoms with Crippen molar-refractivity contribution in [2.24, 2.45) is 0 Å². The first-order chi connectivity index (χ1) is 15.4. The third-order valence-electron chi connectivity index (χ3n) is 5.40. The maximum Gasteiger partial charge on any atom is 0.338 e. The number of rotatable bonds is 6. The molecule has 0 fully saturated rings. The fourth-order valence-corrected chi connectivity index (χ4v) is 4.08. The van der Waals surface area contributed by atoms with Crippen molar-refractivity contribution in [1.82, 2.24) is 9.55 Å². The minimum atomic E-state index is -0.515. The summed E-state index contributed by atoms with van der Waals surface area (Å²) < 4.78 is 24.3. The van der Waals surface area contributed by atoms with Gasteiger partial charge in [0.25, 0.3) is 0 Å². The number of esters is 1. The molecular weight excluding hydrogens is 410 g/mol. The van der Waals surface area contributed by atoms with Crippen molar-refractivity contribution in [2.45, 2.75) is 32.9 Å². The summed E-state index contributed by atoms with van der Waals surface area (Å²) in [6.07, 6.45) is -0.260. The van der Waals surface area contributed by atoms with E-state index in [9.17, 15) is 4.79 Å². The third kappa shape index (κ3) is 3.51. The molecule has 0 radical (unpaired) electrons. The molecule has 2 heterocycles. The summed E-state index contributed by atoms with van der Waals surface area (Å²) in [4.78, 5) is 18.0. The lowest BCUT2D eigenvalue weighted by atomic mass is 9.94. The number of methoxy groups -OCH3 is 3. The Hall–Kier alpha value is -3.68. The Kier molecular flexibility index (Phi) is 5.69. The Labute approximate surface area is 186 Å². The number of aromatic nitrogens is 2. The molecule has 0 saturated carbocycles. The highest BCUT2D eigenvalue weighted by Gasteiger charge is 2.36. The van der Waals surface area contributed by atoms with Crippen LogP contribution in [0.4, 0.5) is 5.95 Å². The van der Waals surface area contributed by atoms with E-state index in [1.807, 2.05) is 61.7 Å². The van der Waals surface area contributed by atoms with Gasteiger partial charge in [-0.05, 0) is 50.6 Å². The Morgan fingerprint density at radius 1 is 1.06 bits per heavy atom. The lowest BCUT2D eigenvalue weighted by Gasteiger charge is -2.31. The van der Waals surface area contributed by atoms with E-state index in [4.69, 9.17) is 23.9 Å². The van der Waals surface area contributed by atoms with Crippen LogP contribution in [0.5, 0.6) is 17.2 Å². The Morgan fingerprint density at radius 2 is 1.72 bits per heavy atom. The molecular formula is C24H27N3O5. The minimum Gasteiger partial charge on any atom is -0.493 e. The van der Waals surface area contributed by atoms with E-state index in [1.165, 1.54) is 0 Å². The number of fused-ring (bicyclic) bond motifs is 3. The predicted octanol–water partition coefficient (Wildman–Crippen LogP) is 4.30. The van der Waals surface area contributed by atoms with Crippen LogP contribution in [-0.2, 0) is 9.53 Å².